The molecule has 2 fully saturated rings. The molecule has 1 aromatic carbocycles. The predicted molar refractivity (Wildman–Crippen MR) is 99.3 cm³/mol. The van der Waals surface area contributed by atoms with Gasteiger partial charge in [0.1, 0.15) is 0 Å². The largest absolute Gasteiger partial charge is 3.00 e. The van der Waals surface area contributed by atoms with Crippen LogP contribution in [0.4, 0.5) is 8.78 Å². The maximum absolute atomic E-state index is 13.1. The number of benzene rings is 1. The molecule has 2 aliphatic rings. The number of hydrogen-bond donors (Lipinski definition) is 0. The first-order chi connectivity index (χ1) is 12.1. The zero-order valence-corrected chi connectivity index (χ0v) is 19.1. The van der Waals surface area contributed by atoms with Crippen molar-refractivity contribution in [2.45, 2.75) is 84.0 Å². The molecule has 0 atom stereocenters. The predicted octanol–water partition coefficient (Wildman–Crippen LogP) is 7.11. The van der Waals surface area contributed by atoms with Crippen LogP contribution in [0.3, 0.4) is 0 Å². The van der Waals surface area contributed by atoms with Crippen LogP contribution in [0.25, 0.3) is 0 Å². The van der Waals surface area contributed by atoms with Gasteiger partial charge in [0.05, 0.1) is 0 Å². The van der Waals surface area contributed by atoms with Crippen LogP contribution in [-0.4, -0.2) is 0 Å². The van der Waals surface area contributed by atoms with Crippen molar-refractivity contribution < 1.29 is 41.5 Å². The number of halogens is 2. The van der Waals surface area contributed by atoms with Gasteiger partial charge >= 0.3 is 32.7 Å². The van der Waals surface area contributed by atoms with Crippen LogP contribution in [0.2, 0.25) is 0 Å². The summed E-state index contributed by atoms with van der Waals surface area (Å²) in [6, 6.07) is 4.88. The van der Waals surface area contributed by atoms with E-state index in [1.54, 1.807) is 0 Å². The van der Waals surface area contributed by atoms with Crippen molar-refractivity contribution >= 4 is 0 Å². The number of aryl methyl sites for hydroxylation is 1. The average Bonchev–Trinajstić information content (AvgIpc) is 2.59. The van der Waals surface area contributed by atoms with Crippen LogP contribution in [0, 0.1) is 41.4 Å². The normalized spacial score (nSPS) is 29.2. The van der Waals surface area contributed by atoms with E-state index < -0.39 is 11.6 Å². The Morgan fingerprint density at radius 1 is 0.846 bits per heavy atom. The van der Waals surface area contributed by atoms with Crippen LogP contribution in [0.15, 0.2) is 12.1 Å². The van der Waals surface area contributed by atoms with Gasteiger partial charge in [-0.1, -0.05) is 58.3 Å². The van der Waals surface area contributed by atoms with Crippen molar-refractivity contribution in [1.82, 2.24) is 0 Å². The zero-order valence-electron chi connectivity index (χ0n) is 16.3. The van der Waals surface area contributed by atoms with Gasteiger partial charge in [0.25, 0.3) is 0 Å². The van der Waals surface area contributed by atoms with E-state index >= 15 is 0 Å². The van der Waals surface area contributed by atoms with E-state index in [0.29, 0.717) is 0 Å². The van der Waals surface area contributed by atoms with E-state index in [9.17, 15) is 8.78 Å². The van der Waals surface area contributed by atoms with Crippen molar-refractivity contribution in [2.75, 3.05) is 0 Å². The van der Waals surface area contributed by atoms with Gasteiger partial charge in [-0.15, -0.1) is 18.2 Å². The molecule has 26 heavy (non-hydrogen) atoms. The smallest absolute Gasteiger partial charge is 0.236 e. The molecule has 0 N–H and O–H groups in total. The molecular weight excluding hydrogens is 403 g/mol. The van der Waals surface area contributed by atoms with E-state index in [0.717, 1.165) is 42.1 Å². The molecule has 0 aromatic heterocycles. The fourth-order valence-corrected chi connectivity index (χ4v) is 5.17. The number of rotatable bonds is 6. The SMILES string of the molecule is CC1CCC(C2CCC(CCCCc3cc(F)[c-]c(F)c3)CC2)CC1.[Y+3]. The summed E-state index contributed by atoms with van der Waals surface area (Å²) in [7, 11) is 0. The third kappa shape index (κ3) is 6.97. The van der Waals surface area contributed by atoms with Gasteiger partial charge in [0.2, 0.25) is 0 Å². The van der Waals surface area contributed by atoms with Crippen molar-refractivity contribution in [2.24, 2.45) is 23.7 Å². The van der Waals surface area contributed by atoms with Crippen LogP contribution < -0.4 is 0 Å². The van der Waals surface area contributed by atoms with Gasteiger partial charge in [-0.25, -0.2) is 8.78 Å². The van der Waals surface area contributed by atoms with Crippen LogP contribution in [0.5, 0.6) is 0 Å². The minimum Gasteiger partial charge on any atom is -0.236 e. The maximum atomic E-state index is 13.1. The van der Waals surface area contributed by atoms with E-state index in [2.05, 4.69) is 13.0 Å². The summed E-state index contributed by atoms with van der Waals surface area (Å²) < 4.78 is 26.3. The Morgan fingerprint density at radius 2 is 1.38 bits per heavy atom. The second-order valence-electron chi connectivity index (χ2n) is 8.73. The third-order valence-corrected chi connectivity index (χ3v) is 6.81. The zero-order chi connectivity index (χ0) is 17.6. The van der Waals surface area contributed by atoms with Gasteiger partial charge < -0.3 is 0 Å². The number of unbranched alkanes of at least 4 members (excludes halogenated alkanes) is 1. The molecule has 0 aliphatic heterocycles. The standard InChI is InChI=1S/C23H33F2.Y/c1-17-6-10-20(11-7-17)21-12-8-18(9-13-21)4-2-3-5-19-14-22(24)16-23(25)15-19;/h14-15,17-18,20-21H,2-13H2,1H3;/q-1;+3. The van der Waals surface area contributed by atoms with Gasteiger partial charge in [0.15, 0.2) is 0 Å². The van der Waals surface area contributed by atoms with Gasteiger partial charge in [-0.2, -0.15) is 5.56 Å². The quantitative estimate of drug-likeness (QED) is 0.329. The van der Waals surface area contributed by atoms with Gasteiger partial charge in [0, 0.05) is 11.6 Å². The molecule has 0 heterocycles. The average molecular weight is 436 g/mol. The Hall–Kier alpha value is 0.184. The molecule has 2 saturated carbocycles. The summed E-state index contributed by atoms with van der Waals surface area (Å²) in [5.41, 5.74) is 0.768. The second-order valence-corrected chi connectivity index (χ2v) is 8.73. The first-order valence-electron chi connectivity index (χ1n) is 10.5. The fourth-order valence-electron chi connectivity index (χ4n) is 5.17. The third-order valence-electron chi connectivity index (χ3n) is 6.81. The summed E-state index contributed by atoms with van der Waals surface area (Å²) in [6.45, 7) is 2.41. The van der Waals surface area contributed by atoms with Crippen LogP contribution in [-0.2, 0) is 39.1 Å². The van der Waals surface area contributed by atoms with Crippen LogP contribution in [0.1, 0.15) is 83.1 Å². The first kappa shape index (κ1) is 22.5. The minimum atomic E-state index is -0.578. The molecule has 2 aliphatic carbocycles. The van der Waals surface area contributed by atoms with Crippen molar-refractivity contribution in [3.05, 3.63) is 35.4 Å². The molecule has 0 radical (unpaired) electrons. The monoisotopic (exact) mass is 436 g/mol. The summed E-state index contributed by atoms with van der Waals surface area (Å²) >= 11 is 0. The van der Waals surface area contributed by atoms with Gasteiger partial charge in [-0.3, -0.25) is 0 Å². The Labute approximate surface area is 183 Å². The fraction of sp³-hybridized carbons (Fsp3) is 0.739. The Kier molecular flexibility index (Phi) is 9.72. The minimum absolute atomic E-state index is 0. The first-order valence-corrected chi connectivity index (χ1v) is 10.5. The molecule has 0 bridgehead atoms. The van der Waals surface area contributed by atoms with Crippen LogP contribution >= 0.6 is 0 Å². The molecule has 1 aromatic rings. The molecule has 0 saturated heterocycles. The summed E-state index contributed by atoms with van der Waals surface area (Å²) in [5, 5.41) is 0. The number of hydrogen-bond acceptors (Lipinski definition) is 0. The van der Waals surface area contributed by atoms with Crippen molar-refractivity contribution in [3.8, 4) is 0 Å². The molecule has 0 spiro atoms. The summed E-state index contributed by atoms with van der Waals surface area (Å²) in [6.07, 6.45) is 15.8. The Bertz CT molecular complexity index is 509. The summed E-state index contributed by atoms with van der Waals surface area (Å²) in [4.78, 5) is 0. The maximum Gasteiger partial charge on any atom is 3.00 e. The summed E-state index contributed by atoms with van der Waals surface area (Å²) in [5.74, 6) is 2.69. The molecule has 0 amide bonds. The topological polar surface area (TPSA) is 0 Å². The van der Waals surface area contributed by atoms with Crippen molar-refractivity contribution in [3.63, 3.8) is 0 Å². The van der Waals surface area contributed by atoms with E-state index in [4.69, 9.17) is 0 Å². The molecule has 140 valence electrons. The van der Waals surface area contributed by atoms with E-state index in [1.807, 2.05) is 0 Å². The van der Waals surface area contributed by atoms with E-state index in [-0.39, 0.29) is 32.7 Å². The van der Waals surface area contributed by atoms with E-state index in [1.165, 1.54) is 76.3 Å². The molecule has 3 rings (SSSR count). The van der Waals surface area contributed by atoms with Crippen molar-refractivity contribution in [1.29, 1.82) is 0 Å². The second kappa shape index (κ2) is 11.2. The molecule has 0 nitrogen and oxygen atoms in total. The Morgan fingerprint density at radius 3 is 1.96 bits per heavy atom. The molecular formula is C23H33F2Y+2. The Balaban J connectivity index is 0.00000243. The van der Waals surface area contributed by atoms with Gasteiger partial charge in [-0.05, 0) is 49.4 Å². The molecule has 3 heteroatoms. The molecule has 0 unspecified atom stereocenters.